The first-order chi connectivity index (χ1) is 20.3. The molecule has 0 saturated carbocycles. The Bertz CT molecular complexity index is 1130. The number of methoxy groups -OCH3 is 2. The van der Waals surface area contributed by atoms with Crippen molar-refractivity contribution >= 4 is 41.5 Å². The third-order valence-corrected chi connectivity index (χ3v) is 6.12. The highest BCUT2D eigenvalue weighted by Crippen LogP contribution is 2.08. The highest BCUT2D eigenvalue weighted by Gasteiger charge is 2.33. The summed E-state index contributed by atoms with van der Waals surface area (Å²) in [5, 5.41) is 9.49. The van der Waals surface area contributed by atoms with Crippen LogP contribution in [0.1, 0.15) is 45.6 Å². The molecule has 0 aliphatic carbocycles. The van der Waals surface area contributed by atoms with Crippen LogP contribution in [-0.2, 0) is 49.6 Å². The minimum Gasteiger partial charge on any atom is -0.469 e. The van der Waals surface area contributed by atoms with E-state index in [1.54, 1.807) is 44.2 Å². The Kier molecular flexibility index (Phi) is 15.9. The summed E-state index contributed by atoms with van der Waals surface area (Å²) in [5.41, 5.74) is 0.726. The Morgan fingerprint density at radius 3 is 1.93 bits per heavy atom. The summed E-state index contributed by atoms with van der Waals surface area (Å²) in [6.07, 6.45) is -2.02. The lowest BCUT2D eigenvalue weighted by atomic mass is 10.0. The summed E-state index contributed by atoms with van der Waals surface area (Å²) in [6.45, 7) is 3.01. The number of rotatable bonds is 17. The Morgan fingerprint density at radius 2 is 1.37 bits per heavy atom. The number of benzene rings is 1. The molecule has 0 aliphatic rings. The normalized spacial score (nSPS) is 13.4. The summed E-state index contributed by atoms with van der Waals surface area (Å²) >= 11 is 0. The van der Waals surface area contributed by atoms with Crippen molar-refractivity contribution in [1.29, 1.82) is 0 Å². The number of halogens is 1. The first-order valence-electron chi connectivity index (χ1n) is 13.4. The Labute approximate surface area is 248 Å². The Morgan fingerprint density at radius 1 is 0.767 bits per heavy atom. The fourth-order valence-electron chi connectivity index (χ4n) is 3.58. The summed E-state index contributed by atoms with van der Waals surface area (Å²) in [5.74, 6) is -5.73. The van der Waals surface area contributed by atoms with Gasteiger partial charge in [-0.15, -0.1) is 0 Å². The molecule has 4 N–H and O–H groups in total. The van der Waals surface area contributed by atoms with Crippen molar-refractivity contribution in [3.05, 3.63) is 35.9 Å². The fourth-order valence-corrected chi connectivity index (χ4v) is 3.58. The molecule has 0 fully saturated rings. The molecule has 1 aromatic rings. The number of ether oxygens (including phenoxy) is 3. The third-order valence-electron chi connectivity index (χ3n) is 6.12. The van der Waals surface area contributed by atoms with Crippen molar-refractivity contribution in [1.82, 2.24) is 21.3 Å². The van der Waals surface area contributed by atoms with Crippen LogP contribution in [0.3, 0.4) is 0 Å². The molecule has 43 heavy (non-hydrogen) atoms. The molecule has 1 unspecified atom stereocenters. The molecule has 14 nitrogen and oxygen atoms in total. The average molecular weight is 611 g/mol. The van der Waals surface area contributed by atoms with Gasteiger partial charge in [0.1, 0.15) is 37.4 Å². The van der Waals surface area contributed by atoms with E-state index in [1.807, 2.05) is 0 Å². The molecule has 0 heterocycles. The smallest absolute Gasteiger partial charge is 0.408 e. The van der Waals surface area contributed by atoms with Gasteiger partial charge in [-0.1, -0.05) is 44.2 Å². The predicted octanol–water partition coefficient (Wildman–Crippen LogP) is 0.467. The van der Waals surface area contributed by atoms with Crippen LogP contribution in [0, 0.1) is 5.92 Å². The lowest BCUT2D eigenvalue weighted by Crippen LogP contribution is -2.59. The largest absolute Gasteiger partial charge is 0.469 e. The zero-order chi connectivity index (χ0) is 32.5. The van der Waals surface area contributed by atoms with Gasteiger partial charge in [0.25, 0.3) is 0 Å². The SMILES string of the molecule is COC(=O)CCC(NC(=O)[C@H](C)NC(=O)OCc1ccccc1)C(=O)N[C@H](C(=O)N[C@@H](CC(=O)OC)C(=O)CF)C(C)C. The topological polar surface area (TPSA) is 195 Å². The number of amides is 4. The first-order valence-corrected chi connectivity index (χ1v) is 13.4. The van der Waals surface area contributed by atoms with E-state index >= 15 is 0 Å². The van der Waals surface area contributed by atoms with Gasteiger partial charge in [-0.05, 0) is 24.8 Å². The van der Waals surface area contributed by atoms with E-state index in [4.69, 9.17) is 4.74 Å². The maximum absolute atomic E-state index is 13.2. The zero-order valence-electron chi connectivity index (χ0n) is 24.8. The van der Waals surface area contributed by atoms with Gasteiger partial charge in [-0.3, -0.25) is 28.8 Å². The molecular formula is C28H39FN4O10. The highest BCUT2D eigenvalue weighted by atomic mass is 19.1. The molecule has 0 radical (unpaired) electrons. The molecular weight excluding hydrogens is 571 g/mol. The number of alkyl halides is 1. The quantitative estimate of drug-likeness (QED) is 0.142. The van der Waals surface area contributed by atoms with Gasteiger partial charge in [-0.25, -0.2) is 9.18 Å². The van der Waals surface area contributed by atoms with Crippen LogP contribution in [0.25, 0.3) is 0 Å². The summed E-state index contributed by atoms with van der Waals surface area (Å²) in [7, 11) is 2.21. The molecule has 1 rings (SSSR count). The van der Waals surface area contributed by atoms with Crippen molar-refractivity contribution in [2.45, 2.75) is 70.8 Å². The summed E-state index contributed by atoms with van der Waals surface area (Å²) < 4.78 is 27.2. The fraction of sp³-hybridized carbons (Fsp3) is 0.536. The number of ketones is 1. The van der Waals surface area contributed by atoms with Gasteiger partial charge in [0, 0.05) is 6.42 Å². The van der Waals surface area contributed by atoms with Crippen LogP contribution in [0.4, 0.5) is 9.18 Å². The van der Waals surface area contributed by atoms with E-state index in [-0.39, 0.29) is 19.4 Å². The van der Waals surface area contributed by atoms with Crippen LogP contribution in [0.15, 0.2) is 30.3 Å². The van der Waals surface area contributed by atoms with Gasteiger partial charge < -0.3 is 35.5 Å². The van der Waals surface area contributed by atoms with E-state index in [0.717, 1.165) is 19.8 Å². The lowest BCUT2D eigenvalue weighted by molar-refractivity contribution is -0.144. The summed E-state index contributed by atoms with van der Waals surface area (Å²) in [6, 6.07) is 3.48. The second-order valence-corrected chi connectivity index (χ2v) is 9.78. The van der Waals surface area contributed by atoms with Gasteiger partial charge in [0.15, 0.2) is 5.78 Å². The minimum absolute atomic E-state index is 0.0404. The molecule has 238 valence electrons. The van der Waals surface area contributed by atoms with Gasteiger partial charge in [-0.2, -0.15) is 0 Å². The predicted molar refractivity (Wildman–Crippen MR) is 149 cm³/mol. The zero-order valence-corrected chi connectivity index (χ0v) is 24.8. The van der Waals surface area contributed by atoms with E-state index in [0.29, 0.717) is 0 Å². The number of esters is 2. The second-order valence-electron chi connectivity index (χ2n) is 9.78. The van der Waals surface area contributed by atoms with E-state index in [9.17, 15) is 38.0 Å². The standard InChI is InChI=1S/C28H39FN4O10/c1-16(2)24(27(39)32-20(21(34)14-29)13-23(36)42-5)33-26(38)19(11-12-22(35)41-4)31-25(37)17(3)30-28(40)43-15-18-9-7-6-8-10-18/h6-10,16-17,19-20,24H,11-15H2,1-5H3,(H,30,40)(H,31,37)(H,32,39)(H,33,38)/t17-,19?,20-,24-/m0/s1. The Balaban J connectivity index is 2.96. The minimum atomic E-state index is -1.54. The number of hydrogen-bond acceptors (Lipinski definition) is 10. The number of carbonyl (C=O) groups is 7. The lowest BCUT2D eigenvalue weighted by Gasteiger charge is -2.27. The van der Waals surface area contributed by atoms with E-state index in [1.165, 1.54) is 6.92 Å². The van der Waals surface area contributed by atoms with Crippen molar-refractivity contribution in [2.75, 3.05) is 20.9 Å². The van der Waals surface area contributed by atoms with Crippen LogP contribution in [0.5, 0.6) is 0 Å². The van der Waals surface area contributed by atoms with Crippen molar-refractivity contribution in [2.24, 2.45) is 5.92 Å². The van der Waals surface area contributed by atoms with Crippen molar-refractivity contribution in [3.63, 3.8) is 0 Å². The number of alkyl carbamates (subject to hydrolysis) is 1. The maximum atomic E-state index is 13.2. The highest BCUT2D eigenvalue weighted by molar-refractivity contribution is 5.97. The van der Waals surface area contributed by atoms with Gasteiger partial charge >= 0.3 is 18.0 Å². The number of carbonyl (C=O) groups excluding carboxylic acids is 7. The number of Topliss-reactive ketones (excluding diaryl/α,β-unsaturated/α-hetero) is 1. The molecule has 0 aliphatic heterocycles. The first kappa shape index (κ1) is 36.5. The number of nitrogens with one attached hydrogen (secondary N) is 4. The molecule has 15 heteroatoms. The maximum Gasteiger partial charge on any atom is 0.408 e. The van der Waals surface area contributed by atoms with Crippen LogP contribution < -0.4 is 21.3 Å². The van der Waals surface area contributed by atoms with Crippen LogP contribution in [0.2, 0.25) is 0 Å². The molecule has 0 aromatic heterocycles. The molecule has 4 amide bonds. The molecule has 0 bridgehead atoms. The molecule has 0 saturated heterocycles. The van der Waals surface area contributed by atoms with Crippen LogP contribution in [-0.4, -0.2) is 86.6 Å². The summed E-state index contributed by atoms with van der Waals surface area (Å²) in [4.78, 5) is 86.6. The van der Waals surface area contributed by atoms with Gasteiger partial charge in [0.05, 0.1) is 20.6 Å². The monoisotopic (exact) mass is 610 g/mol. The molecule has 1 aromatic carbocycles. The number of hydrogen-bond donors (Lipinski definition) is 4. The molecule has 4 atom stereocenters. The van der Waals surface area contributed by atoms with Crippen LogP contribution >= 0.6 is 0 Å². The average Bonchev–Trinajstić information content (AvgIpc) is 2.99. The Hall–Kier alpha value is -4.56. The second kappa shape index (κ2) is 18.8. The van der Waals surface area contributed by atoms with Crippen molar-refractivity contribution in [3.8, 4) is 0 Å². The van der Waals surface area contributed by atoms with E-state index in [2.05, 4.69) is 30.7 Å². The van der Waals surface area contributed by atoms with Crippen molar-refractivity contribution < 1.29 is 52.2 Å². The van der Waals surface area contributed by atoms with E-state index < -0.39 is 84.7 Å². The third kappa shape index (κ3) is 13.3. The molecule has 0 spiro atoms. The van der Waals surface area contributed by atoms with Gasteiger partial charge in [0.2, 0.25) is 17.7 Å².